The van der Waals surface area contributed by atoms with Gasteiger partial charge in [0.25, 0.3) is 0 Å². The molecule has 1 heterocycles. The summed E-state index contributed by atoms with van der Waals surface area (Å²) in [7, 11) is 0. The van der Waals surface area contributed by atoms with Crippen molar-refractivity contribution in [3.63, 3.8) is 0 Å². The maximum Gasteiger partial charge on any atom is 0.0207 e. The van der Waals surface area contributed by atoms with Crippen LogP contribution in [0, 0.1) is 0 Å². The fourth-order valence-electron chi connectivity index (χ4n) is 1.71. The first-order valence-corrected chi connectivity index (χ1v) is 4.71. The molecule has 1 aliphatic heterocycles. The van der Waals surface area contributed by atoms with Gasteiger partial charge in [0.15, 0.2) is 0 Å². The van der Waals surface area contributed by atoms with Crippen LogP contribution in [0.5, 0.6) is 0 Å². The number of likely N-dealkylation sites (tertiary alicyclic amines) is 1. The minimum atomic E-state index is 0.721. The van der Waals surface area contributed by atoms with Crippen molar-refractivity contribution in [1.82, 2.24) is 10.2 Å². The number of nitrogens with zero attached hydrogens (tertiary/aromatic N) is 1. The number of rotatable bonds is 3. The van der Waals surface area contributed by atoms with Crippen molar-refractivity contribution in [1.29, 1.82) is 0 Å². The average Bonchev–Trinajstić information content (AvgIpc) is 2.37. The lowest BCUT2D eigenvalue weighted by Crippen LogP contribution is -2.34. The normalized spacial score (nSPS) is 26.7. The van der Waals surface area contributed by atoms with Gasteiger partial charge in [0.05, 0.1) is 0 Å². The Kier molecular flexibility index (Phi) is 3.34. The minimum absolute atomic E-state index is 0.721. The van der Waals surface area contributed by atoms with Crippen LogP contribution in [0.3, 0.4) is 0 Å². The molecule has 2 nitrogen and oxygen atoms in total. The standard InChI is InChI=1S/C9H20N2/c1-4-10-9-5-6-11(7-9)8(2)3/h8-10H,4-7H2,1-3H3/t9-/m1/s1. The second-order valence-corrected chi connectivity index (χ2v) is 3.63. The number of likely N-dealkylation sites (N-methyl/N-ethyl adjacent to an activating group) is 1. The van der Waals surface area contributed by atoms with E-state index in [1.807, 2.05) is 0 Å². The van der Waals surface area contributed by atoms with Crippen molar-refractivity contribution in [2.45, 2.75) is 39.3 Å². The van der Waals surface area contributed by atoms with E-state index in [0.717, 1.165) is 18.6 Å². The fourth-order valence-corrected chi connectivity index (χ4v) is 1.71. The Bertz CT molecular complexity index is 112. The van der Waals surface area contributed by atoms with Crippen LogP contribution < -0.4 is 5.32 Å². The summed E-state index contributed by atoms with van der Waals surface area (Å²) in [5, 5.41) is 3.49. The Morgan fingerprint density at radius 2 is 2.27 bits per heavy atom. The Balaban J connectivity index is 2.23. The zero-order valence-electron chi connectivity index (χ0n) is 7.93. The van der Waals surface area contributed by atoms with E-state index < -0.39 is 0 Å². The molecule has 11 heavy (non-hydrogen) atoms. The monoisotopic (exact) mass is 156 g/mol. The van der Waals surface area contributed by atoms with Crippen LogP contribution in [0.4, 0.5) is 0 Å². The molecule has 0 unspecified atom stereocenters. The number of nitrogens with one attached hydrogen (secondary N) is 1. The summed E-state index contributed by atoms with van der Waals surface area (Å²) in [4.78, 5) is 2.54. The molecule has 0 aliphatic carbocycles. The largest absolute Gasteiger partial charge is 0.313 e. The summed E-state index contributed by atoms with van der Waals surface area (Å²) in [5.41, 5.74) is 0. The van der Waals surface area contributed by atoms with Crippen molar-refractivity contribution in [2.75, 3.05) is 19.6 Å². The molecular formula is C9H20N2. The molecule has 0 radical (unpaired) electrons. The number of hydrogen-bond acceptors (Lipinski definition) is 2. The van der Waals surface area contributed by atoms with Gasteiger partial charge < -0.3 is 5.32 Å². The van der Waals surface area contributed by atoms with Gasteiger partial charge in [-0.1, -0.05) is 6.92 Å². The van der Waals surface area contributed by atoms with E-state index in [0.29, 0.717) is 0 Å². The van der Waals surface area contributed by atoms with E-state index in [1.54, 1.807) is 0 Å². The maximum atomic E-state index is 3.49. The first-order valence-electron chi connectivity index (χ1n) is 4.71. The van der Waals surface area contributed by atoms with Crippen LogP contribution in [-0.2, 0) is 0 Å². The van der Waals surface area contributed by atoms with Crippen molar-refractivity contribution >= 4 is 0 Å². The van der Waals surface area contributed by atoms with E-state index in [-0.39, 0.29) is 0 Å². The van der Waals surface area contributed by atoms with Gasteiger partial charge in [-0.25, -0.2) is 0 Å². The Labute approximate surface area is 70.0 Å². The van der Waals surface area contributed by atoms with Crippen LogP contribution in [0.2, 0.25) is 0 Å². The summed E-state index contributed by atoms with van der Waals surface area (Å²) < 4.78 is 0. The van der Waals surface area contributed by atoms with Gasteiger partial charge in [-0.15, -0.1) is 0 Å². The average molecular weight is 156 g/mol. The summed E-state index contributed by atoms with van der Waals surface area (Å²) >= 11 is 0. The molecule has 0 aromatic heterocycles. The SMILES string of the molecule is CCN[C@@H]1CCN(C(C)C)C1. The van der Waals surface area contributed by atoms with E-state index in [9.17, 15) is 0 Å². The van der Waals surface area contributed by atoms with Crippen LogP contribution in [0.25, 0.3) is 0 Å². The smallest absolute Gasteiger partial charge is 0.0207 e. The summed E-state index contributed by atoms with van der Waals surface area (Å²) in [6, 6.07) is 1.47. The lowest BCUT2D eigenvalue weighted by atomic mass is 10.3. The Hall–Kier alpha value is -0.0800. The van der Waals surface area contributed by atoms with Crippen molar-refractivity contribution in [2.24, 2.45) is 0 Å². The number of hydrogen-bond donors (Lipinski definition) is 1. The molecule has 0 saturated carbocycles. The second-order valence-electron chi connectivity index (χ2n) is 3.63. The third-order valence-electron chi connectivity index (χ3n) is 2.44. The van der Waals surface area contributed by atoms with Gasteiger partial charge in [0.2, 0.25) is 0 Å². The van der Waals surface area contributed by atoms with Gasteiger partial charge in [-0.05, 0) is 33.4 Å². The topological polar surface area (TPSA) is 15.3 Å². The van der Waals surface area contributed by atoms with E-state index in [4.69, 9.17) is 0 Å². The third-order valence-corrected chi connectivity index (χ3v) is 2.44. The Morgan fingerprint density at radius 1 is 1.55 bits per heavy atom. The van der Waals surface area contributed by atoms with Crippen LogP contribution in [0.15, 0.2) is 0 Å². The highest BCUT2D eigenvalue weighted by atomic mass is 15.2. The van der Waals surface area contributed by atoms with Gasteiger partial charge in [0, 0.05) is 18.6 Å². The predicted octanol–water partition coefficient (Wildman–Crippen LogP) is 1.08. The molecule has 1 rings (SSSR count). The molecule has 2 heteroatoms. The molecule has 0 spiro atoms. The first-order chi connectivity index (χ1) is 5.24. The highest BCUT2D eigenvalue weighted by Crippen LogP contribution is 2.11. The molecule has 66 valence electrons. The molecule has 1 saturated heterocycles. The summed E-state index contributed by atoms with van der Waals surface area (Å²) in [6.07, 6.45) is 1.33. The van der Waals surface area contributed by atoms with Crippen LogP contribution in [-0.4, -0.2) is 36.6 Å². The molecular weight excluding hydrogens is 136 g/mol. The molecule has 0 aromatic rings. The molecule has 1 atom stereocenters. The zero-order valence-corrected chi connectivity index (χ0v) is 7.93. The first kappa shape index (κ1) is 9.01. The van der Waals surface area contributed by atoms with E-state index >= 15 is 0 Å². The Morgan fingerprint density at radius 3 is 2.73 bits per heavy atom. The van der Waals surface area contributed by atoms with Crippen molar-refractivity contribution < 1.29 is 0 Å². The van der Waals surface area contributed by atoms with Gasteiger partial charge >= 0.3 is 0 Å². The van der Waals surface area contributed by atoms with Crippen molar-refractivity contribution in [3.8, 4) is 0 Å². The minimum Gasteiger partial charge on any atom is -0.313 e. The van der Waals surface area contributed by atoms with Crippen LogP contribution >= 0.6 is 0 Å². The molecule has 1 aliphatic rings. The van der Waals surface area contributed by atoms with Gasteiger partial charge in [-0.2, -0.15) is 0 Å². The van der Waals surface area contributed by atoms with Gasteiger partial charge in [0.1, 0.15) is 0 Å². The summed E-state index contributed by atoms with van der Waals surface area (Å²) in [5.74, 6) is 0. The molecule has 0 amide bonds. The van der Waals surface area contributed by atoms with Gasteiger partial charge in [-0.3, -0.25) is 4.90 Å². The second kappa shape index (κ2) is 4.07. The highest BCUT2D eigenvalue weighted by molar-refractivity contribution is 4.81. The lowest BCUT2D eigenvalue weighted by Gasteiger charge is -2.20. The van der Waals surface area contributed by atoms with E-state index in [2.05, 4.69) is 31.0 Å². The molecule has 1 fully saturated rings. The molecule has 0 aromatic carbocycles. The van der Waals surface area contributed by atoms with E-state index in [1.165, 1.54) is 19.5 Å². The highest BCUT2D eigenvalue weighted by Gasteiger charge is 2.22. The quantitative estimate of drug-likeness (QED) is 0.658. The third kappa shape index (κ3) is 2.46. The predicted molar refractivity (Wildman–Crippen MR) is 48.8 cm³/mol. The van der Waals surface area contributed by atoms with Crippen molar-refractivity contribution in [3.05, 3.63) is 0 Å². The molecule has 1 N–H and O–H groups in total. The maximum absolute atomic E-state index is 3.49. The van der Waals surface area contributed by atoms with Crippen LogP contribution in [0.1, 0.15) is 27.2 Å². The summed E-state index contributed by atoms with van der Waals surface area (Å²) in [6.45, 7) is 10.3. The molecule has 0 bridgehead atoms. The fraction of sp³-hybridized carbons (Fsp3) is 1.00. The zero-order chi connectivity index (χ0) is 8.27. The lowest BCUT2D eigenvalue weighted by molar-refractivity contribution is 0.268.